The molecule has 104 valence electrons. The topological polar surface area (TPSA) is 52.9 Å². The summed E-state index contributed by atoms with van der Waals surface area (Å²) in [6, 6.07) is 6.87. The van der Waals surface area contributed by atoms with E-state index in [0.29, 0.717) is 17.3 Å². The van der Waals surface area contributed by atoms with Gasteiger partial charge in [-0.15, -0.1) is 0 Å². The molecular weight excluding hydrogens is 261 g/mol. The van der Waals surface area contributed by atoms with Crippen LogP contribution in [0.4, 0.5) is 0 Å². The van der Waals surface area contributed by atoms with Crippen LogP contribution in [-0.2, 0) is 0 Å². The van der Waals surface area contributed by atoms with Crippen LogP contribution in [0.2, 0.25) is 0 Å². The minimum absolute atomic E-state index is 0.481. The van der Waals surface area contributed by atoms with Crippen molar-refractivity contribution in [2.24, 2.45) is 0 Å². The number of thioether (sulfide) groups is 1. The molecule has 0 amide bonds. The number of hydrogen-bond acceptors (Lipinski definition) is 5. The van der Waals surface area contributed by atoms with Gasteiger partial charge in [-0.2, -0.15) is 11.8 Å². The summed E-state index contributed by atoms with van der Waals surface area (Å²) in [7, 11) is -1.42. The van der Waals surface area contributed by atoms with Crippen LogP contribution < -0.4 is 10.2 Å². The molecule has 0 spiro atoms. The summed E-state index contributed by atoms with van der Waals surface area (Å²) in [4.78, 5) is 2.42. The third-order valence-corrected chi connectivity index (χ3v) is 4.32. The smallest absolute Gasteiger partial charge is 0.488 e. The summed E-state index contributed by atoms with van der Waals surface area (Å²) in [5.74, 6) is 1.97. The van der Waals surface area contributed by atoms with Gasteiger partial charge in [-0.25, -0.2) is 0 Å². The lowest BCUT2D eigenvalue weighted by molar-refractivity contribution is 0.215. The Morgan fingerprint density at radius 2 is 2.11 bits per heavy atom. The summed E-state index contributed by atoms with van der Waals surface area (Å²) < 4.78 is 5.67. The molecule has 2 rings (SSSR count). The van der Waals surface area contributed by atoms with E-state index in [1.165, 1.54) is 5.75 Å². The Morgan fingerprint density at radius 1 is 1.37 bits per heavy atom. The van der Waals surface area contributed by atoms with Crippen molar-refractivity contribution >= 4 is 24.3 Å². The Morgan fingerprint density at radius 3 is 2.74 bits per heavy atom. The number of nitrogens with zero attached hydrogens (tertiary/aromatic N) is 1. The highest BCUT2D eigenvalue weighted by Crippen LogP contribution is 2.17. The molecule has 6 heteroatoms. The van der Waals surface area contributed by atoms with Crippen LogP contribution in [0.1, 0.15) is 6.92 Å². The van der Waals surface area contributed by atoms with Gasteiger partial charge < -0.3 is 14.8 Å². The zero-order chi connectivity index (χ0) is 13.7. The molecule has 1 aliphatic heterocycles. The Balaban J connectivity index is 1.73. The fraction of sp³-hybridized carbons (Fsp3) is 0.538. The molecule has 19 heavy (non-hydrogen) atoms. The van der Waals surface area contributed by atoms with Crippen molar-refractivity contribution in [1.82, 2.24) is 4.90 Å². The van der Waals surface area contributed by atoms with Gasteiger partial charge in [-0.3, -0.25) is 4.90 Å². The van der Waals surface area contributed by atoms with Gasteiger partial charge in [0.2, 0.25) is 0 Å². The van der Waals surface area contributed by atoms with Crippen LogP contribution in [0, 0.1) is 0 Å². The summed E-state index contributed by atoms with van der Waals surface area (Å²) in [6.45, 7) is 6.13. The largest absolute Gasteiger partial charge is 0.492 e. The van der Waals surface area contributed by atoms with Gasteiger partial charge in [0.15, 0.2) is 0 Å². The van der Waals surface area contributed by atoms with Gasteiger partial charge in [-0.05, 0) is 17.6 Å². The monoisotopic (exact) mass is 281 g/mol. The van der Waals surface area contributed by atoms with Gasteiger partial charge in [-0.1, -0.05) is 19.1 Å². The van der Waals surface area contributed by atoms with Crippen LogP contribution in [0.15, 0.2) is 24.3 Å². The normalized spacial score (nSPS) is 20.3. The molecule has 0 radical (unpaired) electrons. The fourth-order valence-corrected chi connectivity index (χ4v) is 3.20. The second kappa shape index (κ2) is 7.19. The van der Waals surface area contributed by atoms with Gasteiger partial charge in [0.25, 0.3) is 0 Å². The molecule has 1 aromatic rings. The Hall–Kier alpha value is -0.685. The van der Waals surface area contributed by atoms with E-state index in [1.807, 2.05) is 11.8 Å². The lowest BCUT2D eigenvalue weighted by Crippen LogP contribution is -2.39. The van der Waals surface area contributed by atoms with E-state index >= 15 is 0 Å². The molecule has 0 saturated carbocycles. The van der Waals surface area contributed by atoms with Crippen LogP contribution >= 0.6 is 11.8 Å². The molecule has 1 fully saturated rings. The molecule has 2 N–H and O–H groups in total. The van der Waals surface area contributed by atoms with Crippen molar-refractivity contribution in [3.63, 3.8) is 0 Å². The molecule has 1 aromatic carbocycles. The maximum absolute atomic E-state index is 8.99. The van der Waals surface area contributed by atoms with Crippen molar-refractivity contribution in [2.75, 3.05) is 32.0 Å². The Bertz CT molecular complexity index is 388. The fourth-order valence-electron chi connectivity index (χ4n) is 2.12. The van der Waals surface area contributed by atoms with Crippen molar-refractivity contribution in [3.8, 4) is 5.75 Å². The van der Waals surface area contributed by atoms with E-state index < -0.39 is 7.12 Å². The molecule has 1 atom stereocenters. The van der Waals surface area contributed by atoms with Gasteiger partial charge in [0, 0.05) is 30.6 Å². The predicted molar refractivity (Wildman–Crippen MR) is 80.1 cm³/mol. The third-order valence-electron chi connectivity index (χ3n) is 3.18. The standard InChI is InChI=1S/C13H20BNO3S/c1-11-10-15(7-9-19-11)6-8-18-13-4-2-12(3-5-13)14(16)17/h2-5,11,16-17H,6-10H2,1H3. The van der Waals surface area contributed by atoms with Crippen molar-refractivity contribution in [1.29, 1.82) is 0 Å². The highest BCUT2D eigenvalue weighted by molar-refractivity contribution is 7.99. The van der Waals surface area contributed by atoms with Gasteiger partial charge in [0.05, 0.1) is 0 Å². The van der Waals surface area contributed by atoms with E-state index in [-0.39, 0.29) is 0 Å². The molecule has 0 aromatic heterocycles. The molecular formula is C13H20BNO3S. The minimum Gasteiger partial charge on any atom is -0.492 e. The number of benzene rings is 1. The zero-order valence-electron chi connectivity index (χ0n) is 11.2. The molecule has 1 saturated heterocycles. The predicted octanol–water partition coefficient (Wildman–Crippen LogP) is 0.182. The molecule has 0 bridgehead atoms. The first-order valence-electron chi connectivity index (χ1n) is 6.58. The minimum atomic E-state index is -1.42. The highest BCUT2D eigenvalue weighted by Gasteiger charge is 2.16. The summed E-state index contributed by atoms with van der Waals surface area (Å²) in [5, 5.41) is 18.7. The Labute approximate surface area is 118 Å². The van der Waals surface area contributed by atoms with Crippen molar-refractivity contribution in [2.45, 2.75) is 12.2 Å². The summed E-state index contributed by atoms with van der Waals surface area (Å²) in [5.41, 5.74) is 0.481. The summed E-state index contributed by atoms with van der Waals surface area (Å²) in [6.07, 6.45) is 0. The SMILES string of the molecule is CC1CN(CCOc2ccc(B(O)O)cc2)CCS1. The second-order valence-corrected chi connectivity index (χ2v) is 6.32. The quantitative estimate of drug-likeness (QED) is 0.754. The van der Waals surface area contributed by atoms with Crippen molar-refractivity contribution < 1.29 is 14.8 Å². The van der Waals surface area contributed by atoms with Crippen LogP contribution in [0.25, 0.3) is 0 Å². The van der Waals surface area contributed by atoms with E-state index in [2.05, 4.69) is 11.8 Å². The maximum Gasteiger partial charge on any atom is 0.488 e. The third kappa shape index (κ3) is 4.73. The van der Waals surface area contributed by atoms with E-state index in [4.69, 9.17) is 14.8 Å². The number of rotatable bonds is 5. The molecule has 1 unspecified atom stereocenters. The van der Waals surface area contributed by atoms with Crippen molar-refractivity contribution in [3.05, 3.63) is 24.3 Å². The van der Waals surface area contributed by atoms with Crippen LogP contribution in [0.3, 0.4) is 0 Å². The van der Waals surface area contributed by atoms with Gasteiger partial charge >= 0.3 is 7.12 Å². The van der Waals surface area contributed by atoms with E-state index in [0.717, 1.165) is 25.4 Å². The zero-order valence-corrected chi connectivity index (χ0v) is 12.0. The number of ether oxygens (including phenoxy) is 1. The average molecular weight is 281 g/mol. The molecule has 4 nitrogen and oxygen atoms in total. The molecule has 0 aliphatic carbocycles. The van der Waals surface area contributed by atoms with E-state index in [1.54, 1.807) is 24.3 Å². The highest BCUT2D eigenvalue weighted by atomic mass is 32.2. The lowest BCUT2D eigenvalue weighted by Gasteiger charge is -2.30. The first kappa shape index (κ1) is 14.7. The first-order chi connectivity index (χ1) is 9.15. The van der Waals surface area contributed by atoms with Gasteiger partial charge in [0.1, 0.15) is 12.4 Å². The molecule has 1 heterocycles. The summed E-state index contributed by atoms with van der Waals surface area (Å²) >= 11 is 2.03. The van der Waals surface area contributed by atoms with E-state index in [9.17, 15) is 0 Å². The lowest BCUT2D eigenvalue weighted by atomic mass is 9.80. The van der Waals surface area contributed by atoms with Crippen LogP contribution in [0.5, 0.6) is 5.75 Å². The maximum atomic E-state index is 8.99. The second-order valence-electron chi connectivity index (χ2n) is 4.77. The number of hydrogen-bond donors (Lipinski definition) is 2. The Kier molecular flexibility index (Phi) is 5.57. The average Bonchev–Trinajstić information content (AvgIpc) is 2.39. The van der Waals surface area contributed by atoms with Crippen LogP contribution in [-0.4, -0.2) is 59.3 Å². The molecule has 1 aliphatic rings. The first-order valence-corrected chi connectivity index (χ1v) is 7.63.